The number of hydrogen-bond donors (Lipinski definition) is 4. The van der Waals surface area contributed by atoms with Gasteiger partial charge in [-0.2, -0.15) is 0 Å². The molecule has 4 N–H and O–H groups in total. The number of amides is 3. The molecule has 1 aliphatic rings. The number of carboxylic acid groups (broad SMARTS) is 1. The molecule has 3 amide bonds. The van der Waals surface area contributed by atoms with Crippen molar-refractivity contribution >= 4 is 23.7 Å². The first-order chi connectivity index (χ1) is 9.50. The maximum atomic E-state index is 11.7. The molecule has 0 spiro atoms. The van der Waals surface area contributed by atoms with Gasteiger partial charge in [0.25, 0.3) is 0 Å². The van der Waals surface area contributed by atoms with Crippen LogP contribution in [0.2, 0.25) is 0 Å². The minimum Gasteiger partial charge on any atom is -0.481 e. The Hall–Kier alpha value is -2.12. The second kappa shape index (κ2) is 8.13. The zero-order chi connectivity index (χ0) is 15.0. The molecular formula is C12H19N3O5. The van der Waals surface area contributed by atoms with Crippen LogP contribution in [0.3, 0.4) is 0 Å². The van der Waals surface area contributed by atoms with Crippen molar-refractivity contribution in [3.8, 4) is 0 Å². The van der Waals surface area contributed by atoms with Crippen LogP contribution in [-0.2, 0) is 19.2 Å². The normalized spacial score (nSPS) is 18.0. The standard InChI is InChI=1S/C12H19N3O5/c16-9(3-4-10(17)18)13-6-7-15-12(20)8-2-1-5-14-11(8)19/h8H,1-7H2,(H,13,16)(H,14,19)(H,15,20)(H,17,18)/t8-/m1/s1. The summed E-state index contributed by atoms with van der Waals surface area (Å²) in [7, 11) is 0. The van der Waals surface area contributed by atoms with Crippen molar-refractivity contribution in [2.24, 2.45) is 5.92 Å². The Morgan fingerprint density at radius 1 is 1.20 bits per heavy atom. The Labute approximate surface area is 116 Å². The number of rotatable bonds is 7. The molecule has 1 aliphatic heterocycles. The highest BCUT2D eigenvalue weighted by Crippen LogP contribution is 2.10. The molecule has 0 aromatic heterocycles. The number of carboxylic acids is 1. The summed E-state index contributed by atoms with van der Waals surface area (Å²) < 4.78 is 0. The second-order valence-corrected chi connectivity index (χ2v) is 4.52. The molecule has 112 valence electrons. The van der Waals surface area contributed by atoms with Gasteiger partial charge >= 0.3 is 5.97 Å². The number of carbonyl (C=O) groups is 4. The zero-order valence-corrected chi connectivity index (χ0v) is 11.1. The van der Waals surface area contributed by atoms with E-state index in [1.165, 1.54) is 0 Å². The van der Waals surface area contributed by atoms with E-state index in [0.29, 0.717) is 13.0 Å². The van der Waals surface area contributed by atoms with Gasteiger partial charge in [0.2, 0.25) is 17.7 Å². The van der Waals surface area contributed by atoms with Gasteiger partial charge in [0.05, 0.1) is 6.42 Å². The molecule has 0 bridgehead atoms. The van der Waals surface area contributed by atoms with E-state index in [2.05, 4.69) is 16.0 Å². The molecule has 0 aromatic carbocycles. The van der Waals surface area contributed by atoms with Crippen molar-refractivity contribution in [2.75, 3.05) is 19.6 Å². The highest BCUT2D eigenvalue weighted by atomic mass is 16.4. The highest BCUT2D eigenvalue weighted by Gasteiger charge is 2.28. The predicted molar refractivity (Wildman–Crippen MR) is 68.6 cm³/mol. The van der Waals surface area contributed by atoms with Crippen molar-refractivity contribution in [3.05, 3.63) is 0 Å². The maximum absolute atomic E-state index is 11.7. The van der Waals surface area contributed by atoms with Gasteiger partial charge in [0, 0.05) is 26.1 Å². The van der Waals surface area contributed by atoms with Crippen molar-refractivity contribution in [1.29, 1.82) is 0 Å². The number of carbonyl (C=O) groups excluding carboxylic acids is 3. The van der Waals surface area contributed by atoms with Crippen LogP contribution in [-0.4, -0.2) is 48.4 Å². The summed E-state index contributed by atoms with van der Waals surface area (Å²) in [4.78, 5) is 44.6. The van der Waals surface area contributed by atoms with Crippen molar-refractivity contribution < 1.29 is 24.3 Å². The van der Waals surface area contributed by atoms with E-state index in [0.717, 1.165) is 6.42 Å². The number of piperidine rings is 1. The van der Waals surface area contributed by atoms with Crippen LogP contribution in [0.15, 0.2) is 0 Å². The van der Waals surface area contributed by atoms with E-state index in [-0.39, 0.29) is 43.7 Å². The third kappa shape index (κ3) is 5.68. The fourth-order valence-electron chi connectivity index (χ4n) is 1.84. The molecular weight excluding hydrogens is 266 g/mol. The molecule has 0 unspecified atom stereocenters. The van der Waals surface area contributed by atoms with E-state index in [4.69, 9.17) is 5.11 Å². The summed E-state index contributed by atoms with van der Waals surface area (Å²) in [6.45, 7) is 1.02. The average Bonchev–Trinajstić information content (AvgIpc) is 2.41. The molecule has 1 heterocycles. The summed E-state index contributed by atoms with van der Waals surface area (Å²) in [6.07, 6.45) is 0.993. The summed E-state index contributed by atoms with van der Waals surface area (Å²) >= 11 is 0. The summed E-state index contributed by atoms with van der Waals surface area (Å²) in [6, 6.07) is 0. The largest absolute Gasteiger partial charge is 0.481 e. The van der Waals surface area contributed by atoms with Gasteiger partial charge in [-0.1, -0.05) is 0 Å². The fourth-order valence-corrected chi connectivity index (χ4v) is 1.84. The zero-order valence-electron chi connectivity index (χ0n) is 11.1. The lowest BCUT2D eigenvalue weighted by Gasteiger charge is -2.21. The van der Waals surface area contributed by atoms with Gasteiger partial charge in [0.15, 0.2) is 0 Å². The molecule has 20 heavy (non-hydrogen) atoms. The number of aliphatic carboxylic acids is 1. The maximum Gasteiger partial charge on any atom is 0.303 e. The SMILES string of the molecule is O=C(O)CCC(=O)NCCNC(=O)[C@@H]1CCCNC1=O. The first kappa shape index (κ1) is 15.9. The minimum atomic E-state index is -1.03. The van der Waals surface area contributed by atoms with E-state index in [1.54, 1.807) is 0 Å². The van der Waals surface area contributed by atoms with Crippen molar-refractivity contribution in [3.63, 3.8) is 0 Å². The van der Waals surface area contributed by atoms with Gasteiger partial charge in [-0.05, 0) is 12.8 Å². The topological polar surface area (TPSA) is 125 Å². The lowest BCUT2D eigenvalue weighted by molar-refractivity contribution is -0.139. The molecule has 0 aliphatic carbocycles. The Morgan fingerprint density at radius 3 is 2.55 bits per heavy atom. The molecule has 1 atom stereocenters. The monoisotopic (exact) mass is 285 g/mol. The molecule has 0 saturated carbocycles. The van der Waals surface area contributed by atoms with Crippen LogP contribution in [0.1, 0.15) is 25.7 Å². The van der Waals surface area contributed by atoms with E-state index >= 15 is 0 Å². The van der Waals surface area contributed by atoms with E-state index in [9.17, 15) is 19.2 Å². The second-order valence-electron chi connectivity index (χ2n) is 4.52. The molecule has 0 aromatic rings. The van der Waals surface area contributed by atoms with Gasteiger partial charge in [-0.25, -0.2) is 0 Å². The first-order valence-electron chi connectivity index (χ1n) is 6.54. The number of nitrogens with one attached hydrogen (secondary N) is 3. The van der Waals surface area contributed by atoms with Crippen LogP contribution in [0.5, 0.6) is 0 Å². The molecule has 0 radical (unpaired) electrons. The third-order valence-electron chi connectivity index (χ3n) is 2.91. The smallest absolute Gasteiger partial charge is 0.303 e. The van der Waals surface area contributed by atoms with E-state index in [1.807, 2.05) is 0 Å². The first-order valence-corrected chi connectivity index (χ1v) is 6.54. The molecule has 1 saturated heterocycles. The third-order valence-corrected chi connectivity index (χ3v) is 2.91. The van der Waals surface area contributed by atoms with Crippen molar-refractivity contribution in [2.45, 2.75) is 25.7 Å². The molecule has 1 fully saturated rings. The average molecular weight is 285 g/mol. The minimum absolute atomic E-state index is 0.0890. The Kier molecular flexibility index (Phi) is 6.48. The molecule has 8 heteroatoms. The fraction of sp³-hybridized carbons (Fsp3) is 0.667. The summed E-state index contributed by atoms with van der Waals surface area (Å²) in [5, 5.41) is 16.1. The Bertz CT molecular complexity index is 397. The quantitative estimate of drug-likeness (QED) is 0.338. The van der Waals surface area contributed by atoms with Gasteiger partial charge < -0.3 is 21.1 Å². The van der Waals surface area contributed by atoms with E-state index < -0.39 is 11.9 Å². The molecule has 8 nitrogen and oxygen atoms in total. The lowest BCUT2D eigenvalue weighted by atomic mass is 9.98. The van der Waals surface area contributed by atoms with Crippen LogP contribution >= 0.6 is 0 Å². The summed E-state index contributed by atoms with van der Waals surface area (Å²) in [5.74, 6) is -2.68. The van der Waals surface area contributed by atoms with Gasteiger partial charge in [-0.3, -0.25) is 19.2 Å². The highest BCUT2D eigenvalue weighted by molar-refractivity contribution is 6.00. The van der Waals surface area contributed by atoms with Crippen LogP contribution in [0, 0.1) is 5.92 Å². The Morgan fingerprint density at radius 2 is 1.90 bits per heavy atom. The molecule has 1 rings (SSSR count). The van der Waals surface area contributed by atoms with Gasteiger partial charge in [0.1, 0.15) is 5.92 Å². The van der Waals surface area contributed by atoms with Crippen LogP contribution in [0.4, 0.5) is 0 Å². The predicted octanol–water partition coefficient (Wildman–Crippen LogP) is -1.39. The van der Waals surface area contributed by atoms with Crippen LogP contribution in [0.25, 0.3) is 0 Å². The number of hydrogen-bond acceptors (Lipinski definition) is 4. The summed E-state index contributed by atoms with van der Waals surface area (Å²) in [5.41, 5.74) is 0. The van der Waals surface area contributed by atoms with Crippen molar-refractivity contribution in [1.82, 2.24) is 16.0 Å². The lowest BCUT2D eigenvalue weighted by Crippen LogP contribution is -2.46. The van der Waals surface area contributed by atoms with Gasteiger partial charge in [-0.15, -0.1) is 0 Å². The van der Waals surface area contributed by atoms with Crippen LogP contribution < -0.4 is 16.0 Å². The Balaban J connectivity index is 2.14.